The molecule has 120 valence electrons. The second kappa shape index (κ2) is 6.55. The van der Waals surface area contributed by atoms with Gasteiger partial charge in [-0.3, -0.25) is 4.98 Å². The molecule has 0 saturated heterocycles. The van der Waals surface area contributed by atoms with Gasteiger partial charge in [-0.1, -0.05) is 35.5 Å². The van der Waals surface area contributed by atoms with Gasteiger partial charge in [-0.05, 0) is 35.2 Å². The third kappa shape index (κ3) is 2.81. The Kier molecular flexibility index (Phi) is 4.26. The highest BCUT2D eigenvalue weighted by molar-refractivity contribution is 7.98. The van der Waals surface area contributed by atoms with Crippen LogP contribution in [-0.2, 0) is 12.8 Å². The lowest BCUT2D eigenvalue weighted by atomic mass is 10.1. The van der Waals surface area contributed by atoms with Gasteiger partial charge in [0.2, 0.25) is 0 Å². The Balaban J connectivity index is 1.61. The summed E-state index contributed by atoms with van der Waals surface area (Å²) in [4.78, 5) is 5.60. The van der Waals surface area contributed by atoms with Gasteiger partial charge in [0.25, 0.3) is 0 Å². The largest absolute Gasteiger partial charge is 0.304 e. The van der Waals surface area contributed by atoms with Gasteiger partial charge in [0, 0.05) is 29.4 Å². The number of aromatic nitrogens is 4. The van der Waals surface area contributed by atoms with E-state index < -0.39 is 0 Å². The summed E-state index contributed by atoms with van der Waals surface area (Å²) in [6, 6.07) is 11.9. The number of thiophene rings is 1. The zero-order valence-corrected chi connectivity index (χ0v) is 15.2. The van der Waals surface area contributed by atoms with E-state index in [1.807, 2.05) is 47.3 Å². The van der Waals surface area contributed by atoms with Gasteiger partial charge in [0.15, 0.2) is 11.0 Å². The zero-order chi connectivity index (χ0) is 16.5. The van der Waals surface area contributed by atoms with Gasteiger partial charge >= 0.3 is 0 Å². The average Bonchev–Trinajstić information content (AvgIpc) is 3.24. The maximum Gasteiger partial charge on any atom is 0.191 e. The minimum Gasteiger partial charge on any atom is -0.304 e. The van der Waals surface area contributed by atoms with Gasteiger partial charge in [-0.2, -0.15) is 0 Å². The van der Waals surface area contributed by atoms with Crippen molar-refractivity contribution < 1.29 is 0 Å². The van der Waals surface area contributed by atoms with E-state index in [9.17, 15) is 0 Å². The van der Waals surface area contributed by atoms with E-state index >= 15 is 0 Å². The van der Waals surface area contributed by atoms with Gasteiger partial charge in [0.1, 0.15) is 0 Å². The van der Waals surface area contributed by atoms with E-state index in [2.05, 4.69) is 21.2 Å². The highest BCUT2D eigenvalue weighted by Gasteiger charge is 2.13. The predicted octanol–water partition coefficient (Wildman–Crippen LogP) is 5.04. The molecule has 0 N–H and O–H groups in total. The Bertz CT molecular complexity index is 995. The van der Waals surface area contributed by atoms with E-state index in [-0.39, 0.29) is 0 Å². The van der Waals surface area contributed by atoms with Gasteiger partial charge in [-0.15, -0.1) is 21.5 Å². The molecule has 0 radical (unpaired) electrons. The maximum absolute atomic E-state index is 6.26. The third-order valence-corrected chi connectivity index (χ3v) is 6.00. The van der Waals surface area contributed by atoms with Crippen LogP contribution in [0.25, 0.3) is 21.6 Å². The molecule has 24 heavy (non-hydrogen) atoms. The number of hydrogen-bond acceptors (Lipinski definition) is 5. The van der Waals surface area contributed by atoms with E-state index in [4.69, 9.17) is 11.6 Å². The van der Waals surface area contributed by atoms with Crippen LogP contribution in [0.4, 0.5) is 0 Å². The van der Waals surface area contributed by atoms with Crippen LogP contribution in [0.1, 0.15) is 5.56 Å². The number of pyridine rings is 1. The van der Waals surface area contributed by atoms with E-state index in [1.165, 1.54) is 0 Å². The standard InChI is InChI=1S/C17H13ClN4S2/c1-22-16(14-5-3-9-23-14)20-21-17(22)24-10-11-6-7-13(18)12-4-2-8-19-15(11)12/h2-9H,10H2,1H3. The van der Waals surface area contributed by atoms with Crippen molar-refractivity contribution in [1.29, 1.82) is 0 Å². The number of nitrogens with zero attached hydrogens (tertiary/aromatic N) is 4. The predicted molar refractivity (Wildman–Crippen MR) is 101 cm³/mol. The summed E-state index contributed by atoms with van der Waals surface area (Å²) in [6.45, 7) is 0. The molecule has 4 rings (SSSR count). The summed E-state index contributed by atoms with van der Waals surface area (Å²) in [7, 11) is 2.00. The first kappa shape index (κ1) is 15.6. The van der Waals surface area contributed by atoms with Crippen LogP contribution in [0, 0.1) is 0 Å². The molecular weight excluding hydrogens is 360 g/mol. The Morgan fingerprint density at radius 3 is 2.92 bits per heavy atom. The molecule has 1 aromatic carbocycles. The summed E-state index contributed by atoms with van der Waals surface area (Å²) in [5.74, 6) is 1.66. The SMILES string of the molecule is Cn1c(SCc2ccc(Cl)c3cccnc23)nnc1-c1cccs1. The number of halogens is 1. The number of benzene rings is 1. The van der Waals surface area contributed by atoms with Crippen molar-refractivity contribution in [3.63, 3.8) is 0 Å². The fourth-order valence-corrected chi connectivity index (χ4v) is 4.37. The van der Waals surface area contributed by atoms with Crippen LogP contribution < -0.4 is 0 Å². The fourth-order valence-electron chi connectivity index (χ4n) is 2.52. The molecule has 0 amide bonds. The molecule has 3 aromatic heterocycles. The Hall–Kier alpha value is -1.89. The zero-order valence-electron chi connectivity index (χ0n) is 12.8. The van der Waals surface area contributed by atoms with E-state index in [0.717, 1.165) is 43.1 Å². The molecule has 4 nitrogen and oxygen atoms in total. The van der Waals surface area contributed by atoms with Crippen molar-refractivity contribution in [1.82, 2.24) is 19.7 Å². The number of fused-ring (bicyclic) bond motifs is 1. The fraction of sp³-hybridized carbons (Fsp3) is 0.118. The Morgan fingerprint density at radius 2 is 2.08 bits per heavy atom. The Labute approximate surface area is 152 Å². The molecule has 0 aliphatic rings. The topological polar surface area (TPSA) is 43.6 Å². The first-order chi connectivity index (χ1) is 11.7. The number of hydrogen-bond donors (Lipinski definition) is 0. The molecule has 0 spiro atoms. The molecule has 0 saturated carbocycles. The minimum atomic E-state index is 0.727. The highest BCUT2D eigenvalue weighted by atomic mass is 35.5. The molecule has 0 unspecified atom stereocenters. The first-order valence-electron chi connectivity index (χ1n) is 7.32. The maximum atomic E-state index is 6.26. The second-order valence-corrected chi connectivity index (χ2v) is 7.53. The summed E-state index contributed by atoms with van der Waals surface area (Å²) in [5.41, 5.74) is 2.08. The minimum absolute atomic E-state index is 0.727. The molecule has 4 aromatic rings. The molecule has 0 atom stereocenters. The van der Waals surface area contributed by atoms with Crippen molar-refractivity contribution in [3.05, 3.63) is 58.6 Å². The smallest absolute Gasteiger partial charge is 0.191 e. The summed E-state index contributed by atoms with van der Waals surface area (Å²) < 4.78 is 2.03. The lowest BCUT2D eigenvalue weighted by Gasteiger charge is -2.07. The van der Waals surface area contributed by atoms with Crippen LogP contribution in [-0.4, -0.2) is 19.7 Å². The molecule has 0 bridgehead atoms. The Morgan fingerprint density at radius 1 is 1.17 bits per heavy atom. The summed E-state index contributed by atoms with van der Waals surface area (Å²) >= 11 is 9.57. The highest BCUT2D eigenvalue weighted by Crippen LogP contribution is 2.31. The average molecular weight is 373 g/mol. The van der Waals surface area contributed by atoms with Crippen LogP contribution in [0.2, 0.25) is 5.02 Å². The van der Waals surface area contributed by atoms with Crippen molar-refractivity contribution in [2.75, 3.05) is 0 Å². The molecule has 7 heteroatoms. The first-order valence-corrected chi connectivity index (χ1v) is 9.56. The van der Waals surface area contributed by atoms with Crippen molar-refractivity contribution in [2.45, 2.75) is 10.9 Å². The van der Waals surface area contributed by atoms with Gasteiger partial charge in [0.05, 0.1) is 10.4 Å². The molecular formula is C17H13ClN4S2. The van der Waals surface area contributed by atoms with Gasteiger partial charge in [-0.25, -0.2) is 0 Å². The second-order valence-electron chi connectivity index (χ2n) is 5.24. The van der Waals surface area contributed by atoms with Gasteiger partial charge < -0.3 is 4.57 Å². The normalized spacial score (nSPS) is 11.2. The van der Waals surface area contributed by atoms with Crippen molar-refractivity contribution >= 4 is 45.6 Å². The summed E-state index contributed by atoms with van der Waals surface area (Å²) in [6.07, 6.45) is 1.80. The van der Waals surface area contributed by atoms with Crippen LogP contribution in [0.5, 0.6) is 0 Å². The van der Waals surface area contributed by atoms with E-state index in [0.29, 0.717) is 0 Å². The van der Waals surface area contributed by atoms with Crippen molar-refractivity contribution in [3.8, 4) is 10.7 Å². The molecule has 0 aliphatic carbocycles. The lowest BCUT2D eigenvalue weighted by Crippen LogP contribution is -1.94. The summed E-state index contributed by atoms with van der Waals surface area (Å²) in [5, 5.41) is 13.3. The third-order valence-electron chi connectivity index (χ3n) is 3.73. The van der Waals surface area contributed by atoms with Crippen LogP contribution in [0.3, 0.4) is 0 Å². The van der Waals surface area contributed by atoms with E-state index in [1.54, 1.807) is 29.3 Å². The monoisotopic (exact) mass is 372 g/mol. The molecule has 0 aliphatic heterocycles. The lowest BCUT2D eigenvalue weighted by molar-refractivity contribution is 0.794. The molecule has 0 fully saturated rings. The van der Waals surface area contributed by atoms with Crippen molar-refractivity contribution in [2.24, 2.45) is 7.05 Å². The van der Waals surface area contributed by atoms with Crippen LogP contribution in [0.15, 0.2) is 53.1 Å². The van der Waals surface area contributed by atoms with Crippen LogP contribution >= 0.6 is 34.7 Å². The number of thioether (sulfide) groups is 1. The quantitative estimate of drug-likeness (QED) is 0.471. The number of rotatable bonds is 4. The molecule has 3 heterocycles.